The van der Waals surface area contributed by atoms with Gasteiger partial charge >= 0.3 is 0 Å². The van der Waals surface area contributed by atoms with Crippen LogP contribution in [0.2, 0.25) is 0 Å². The number of aryl methyl sites for hydroxylation is 1. The van der Waals surface area contributed by atoms with E-state index in [9.17, 15) is 0 Å². The van der Waals surface area contributed by atoms with Crippen LogP contribution >= 0.6 is 0 Å². The molecule has 1 heterocycles. The maximum Gasteiger partial charge on any atom is 0.125 e. The summed E-state index contributed by atoms with van der Waals surface area (Å²) in [4.78, 5) is 0. The second kappa shape index (κ2) is 4.62. The van der Waals surface area contributed by atoms with Gasteiger partial charge in [0.2, 0.25) is 0 Å². The van der Waals surface area contributed by atoms with Gasteiger partial charge < -0.3 is 5.73 Å². The summed E-state index contributed by atoms with van der Waals surface area (Å²) in [6, 6.07) is 10.6. The van der Waals surface area contributed by atoms with E-state index in [0.29, 0.717) is 5.92 Å². The standard InChI is InChI=1S/C14H19N3/c1-10(2)13(12-7-5-4-6-8-12)17-14(15)11(3)9-16-17/h4-10,13H,15H2,1-3H3. The molecule has 0 aliphatic rings. The first-order valence-electron chi connectivity index (χ1n) is 5.95. The SMILES string of the molecule is Cc1cnn(C(c2ccccc2)C(C)C)c1N. The maximum atomic E-state index is 6.08. The van der Waals surface area contributed by atoms with Gasteiger partial charge in [-0.15, -0.1) is 0 Å². The number of nitrogen functional groups attached to an aromatic ring is 1. The first-order chi connectivity index (χ1) is 8.11. The number of anilines is 1. The van der Waals surface area contributed by atoms with Gasteiger partial charge in [-0.05, 0) is 18.4 Å². The molecule has 3 heteroatoms. The summed E-state index contributed by atoms with van der Waals surface area (Å²) in [5, 5.41) is 4.40. The highest BCUT2D eigenvalue weighted by Crippen LogP contribution is 2.28. The fourth-order valence-corrected chi connectivity index (χ4v) is 2.14. The minimum Gasteiger partial charge on any atom is -0.384 e. The van der Waals surface area contributed by atoms with E-state index < -0.39 is 0 Å². The summed E-state index contributed by atoms with van der Waals surface area (Å²) >= 11 is 0. The molecule has 0 spiro atoms. The molecule has 1 aromatic heterocycles. The smallest absolute Gasteiger partial charge is 0.125 e. The Bertz CT molecular complexity index is 485. The molecule has 0 amide bonds. The summed E-state index contributed by atoms with van der Waals surface area (Å²) in [5.41, 5.74) is 8.36. The third kappa shape index (κ3) is 2.18. The summed E-state index contributed by atoms with van der Waals surface area (Å²) in [7, 11) is 0. The van der Waals surface area contributed by atoms with E-state index in [2.05, 4.69) is 43.2 Å². The first-order valence-corrected chi connectivity index (χ1v) is 5.95. The molecule has 0 aliphatic heterocycles. The second-order valence-electron chi connectivity index (χ2n) is 4.76. The molecule has 3 nitrogen and oxygen atoms in total. The van der Waals surface area contributed by atoms with Crippen molar-refractivity contribution in [3.8, 4) is 0 Å². The Labute approximate surface area is 102 Å². The van der Waals surface area contributed by atoms with Crippen LogP contribution in [0.25, 0.3) is 0 Å². The number of hydrogen-bond donors (Lipinski definition) is 1. The van der Waals surface area contributed by atoms with Crippen molar-refractivity contribution in [2.75, 3.05) is 5.73 Å². The van der Waals surface area contributed by atoms with Crippen molar-refractivity contribution in [1.29, 1.82) is 0 Å². The van der Waals surface area contributed by atoms with Gasteiger partial charge in [0, 0.05) is 5.56 Å². The molecule has 2 rings (SSSR count). The predicted octanol–water partition coefficient (Wildman–Crippen LogP) is 3.02. The van der Waals surface area contributed by atoms with E-state index in [0.717, 1.165) is 11.4 Å². The number of hydrogen-bond acceptors (Lipinski definition) is 2. The van der Waals surface area contributed by atoms with Crippen LogP contribution in [0.15, 0.2) is 36.5 Å². The number of nitrogens with zero attached hydrogens (tertiary/aromatic N) is 2. The summed E-state index contributed by atoms with van der Waals surface area (Å²) in [6.45, 7) is 6.36. The quantitative estimate of drug-likeness (QED) is 0.879. The lowest BCUT2D eigenvalue weighted by Crippen LogP contribution is -2.19. The minimum atomic E-state index is 0.199. The lowest BCUT2D eigenvalue weighted by Gasteiger charge is -2.23. The molecule has 1 aromatic carbocycles. The third-order valence-corrected chi connectivity index (χ3v) is 3.06. The minimum absolute atomic E-state index is 0.199. The Hall–Kier alpha value is -1.77. The average Bonchev–Trinajstić information content (AvgIpc) is 2.63. The van der Waals surface area contributed by atoms with Crippen LogP contribution in [-0.4, -0.2) is 9.78 Å². The Morgan fingerprint density at radius 2 is 1.82 bits per heavy atom. The van der Waals surface area contributed by atoms with Gasteiger partial charge in [-0.1, -0.05) is 44.2 Å². The van der Waals surface area contributed by atoms with Gasteiger partial charge in [-0.3, -0.25) is 0 Å². The van der Waals surface area contributed by atoms with Gasteiger partial charge in [0.15, 0.2) is 0 Å². The zero-order valence-electron chi connectivity index (χ0n) is 10.6. The molecule has 2 N–H and O–H groups in total. The van der Waals surface area contributed by atoms with Gasteiger partial charge in [-0.25, -0.2) is 4.68 Å². The molecule has 17 heavy (non-hydrogen) atoms. The zero-order chi connectivity index (χ0) is 12.4. The van der Waals surface area contributed by atoms with Gasteiger partial charge in [0.1, 0.15) is 5.82 Å². The molecule has 0 bridgehead atoms. The summed E-state index contributed by atoms with van der Waals surface area (Å²) in [6.07, 6.45) is 1.83. The Balaban J connectivity index is 2.47. The lowest BCUT2D eigenvalue weighted by atomic mass is 9.96. The number of nitrogens with two attached hydrogens (primary N) is 1. The number of rotatable bonds is 3. The molecule has 0 aliphatic carbocycles. The highest BCUT2D eigenvalue weighted by Gasteiger charge is 2.20. The van der Waals surface area contributed by atoms with E-state index in [-0.39, 0.29) is 6.04 Å². The van der Waals surface area contributed by atoms with Gasteiger partial charge in [-0.2, -0.15) is 5.10 Å². The third-order valence-electron chi connectivity index (χ3n) is 3.06. The molecule has 0 saturated heterocycles. The Kier molecular flexibility index (Phi) is 3.18. The van der Waals surface area contributed by atoms with Crippen LogP contribution < -0.4 is 5.73 Å². The van der Waals surface area contributed by atoms with Crippen LogP contribution in [0.1, 0.15) is 31.0 Å². The van der Waals surface area contributed by atoms with E-state index >= 15 is 0 Å². The Morgan fingerprint density at radius 3 is 2.29 bits per heavy atom. The number of benzene rings is 1. The topological polar surface area (TPSA) is 43.8 Å². The molecular weight excluding hydrogens is 210 g/mol. The van der Waals surface area contributed by atoms with Crippen LogP contribution in [0.4, 0.5) is 5.82 Å². The van der Waals surface area contributed by atoms with Crippen molar-refractivity contribution in [1.82, 2.24) is 9.78 Å². The zero-order valence-corrected chi connectivity index (χ0v) is 10.6. The fourth-order valence-electron chi connectivity index (χ4n) is 2.14. The largest absolute Gasteiger partial charge is 0.384 e. The fraction of sp³-hybridized carbons (Fsp3) is 0.357. The molecule has 1 unspecified atom stereocenters. The van der Waals surface area contributed by atoms with Crippen molar-refractivity contribution in [2.45, 2.75) is 26.8 Å². The highest BCUT2D eigenvalue weighted by atomic mass is 15.3. The van der Waals surface area contributed by atoms with E-state index in [4.69, 9.17) is 5.73 Å². The first kappa shape index (κ1) is 11.7. The van der Waals surface area contributed by atoms with Crippen LogP contribution in [-0.2, 0) is 0 Å². The number of aromatic nitrogens is 2. The molecule has 0 fully saturated rings. The summed E-state index contributed by atoms with van der Waals surface area (Å²) < 4.78 is 1.93. The molecule has 90 valence electrons. The van der Waals surface area contributed by atoms with Crippen LogP contribution in [0.3, 0.4) is 0 Å². The van der Waals surface area contributed by atoms with Gasteiger partial charge in [0.05, 0.1) is 12.2 Å². The van der Waals surface area contributed by atoms with E-state index in [1.165, 1.54) is 5.56 Å². The van der Waals surface area contributed by atoms with Crippen molar-refractivity contribution in [3.05, 3.63) is 47.7 Å². The van der Waals surface area contributed by atoms with Gasteiger partial charge in [0.25, 0.3) is 0 Å². The van der Waals surface area contributed by atoms with Crippen LogP contribution in [0.5, 0.6) is 0 Å². The van der Waals surface area contributed by atoms with E-state index in [1.54, 1.807) is 0 Å². The van der Waals surface area contributed by atoms with Crippen molar-refractivity contribution in [3.63, 3.8) is 0 Å². The van der Waals surface area contributed by atoms with E-state index in [1.807, 2.05) is 23.9 Å². The molecule has 0 saturated carbocycles. The van der Waals surface area contributed by atoms with Crippen LogP contribution in [0, 0.1) is 12.8 Å². The van der Waals surface area contributed by atoms with Crippen molar-refractivity contribution < 1.29 is 0 Å². The second-order valence-corrected chi connectivity index (χ2v) is 4.76. The molecular formula is C14H19N3. The average molecular weight is 229 g/mol. The maximum absolute atomic E-state index is 6.08. The Morgan fingerprint density at radius 1 is 1.18 bits per heavy atom. The molecule has 0 radical (unpaired) electrons. The van der Waals surface area contributed by atoms with Crippen molar-refractivity contribution in [2.24, 2.45) is 5.92 Å². The molecule has 2 aromatic rings. The molecule has 1 atom stereocenters. The lowest BCUT2D eigenvalue weighted by molar-refractivity contribution is 0.407. The monoisotopic (exact) mass is 229 g/mol. The highest BCUT2D eigenvalue weighted by molar-refractivity contribution is 5.39. The van der Waals surface area contributed by atoms with Crippen molar-refractivity contribution >= 4 is 5.82 Å². The summed E-state index contributed by atoms with van der Waals surface area (Å²) in [5.74, 6) is 1.20. The predicted molar refractivity (Wildman–Crippen MR) is 70.8 cm³/mol. The normalized spacial score (nSPS) is 12.9.